The Labute approximate surface area is 128 Å². The Morgan fingerprint density at radius 1 is 1.23 bits per heavy atom. The second-order valence-corrected chi connectivity index (χ2v) is 5.68. The van der Waals surface area contributed by atoms with Crippen LogP contribution in [-0.4, -0.2) is 35.7 Å². The number of rotatable bonds is 4. The van der Waals surface area contributed by atoms with Crippen LogP contribution in [0.25, 0.3) is 0 Å². The quantitative estimate of drug-likeness (QED) is 0.724. The Balaban J connectivity index is 1.52. The summed E-state index contributed by atoms with van der Waals surface area (Å²) in [6.45, 7) is 3.38. The highest BCUT2D eigenvalue weighted by atomic mass is 16.5. The number of fused-ring (bicyclic) bond motifs is 1. The van der Waals surface area contributed by atoms with Gasteiger partial charge in [0, 0.05) is 56.9 Å². The van der Waals surface area contributed by atoms with Crippen molar-refractivity contribution in [1.82, 2.24) is 29.2 Å². The molecule has 0 radical (unpaired) electrons. The van der Waals surface area contributed by atoms with Gasteiger partial charge in [0.1, 0.15) is 17.3 Å². The Hall–Kier alpha value is -2.41. The fourth-order valence-corrected chi connectivity index (χ4v) is 2.88. The highest BCUT2D eigenvalue weighted by molar-refractivity contribution is 5.25. The molecule has 3 aromatic heterocycles. The van der Waals surface area contributed by atoms with Gasteiger partial charge in [-0.15, -0.1) is 0 Å². The molecule has 0 spiro atoms. The van der Waals surface area contributed by atoms with Crippen molar-refractivity contribution in [3.8, 4) is 0 Å². The van der Waals surface area contributed by atoms with Crippen LogP contribution in [0, 0.1) is 0 Å². The van der Waals surface area contributed by atoms with E-state index < -0.39 is 0 Å². The highest BCUT2D eigenvalue weighted by Crippen LogP contribution is 2.24. The van der Waals surface area contributed by atoms with Gasteiger partial charge >= 0.3 is 0 Å². The molecule has 114 valence electrons. The van der Waals surface area contributed by atoms with Crippen LogP contribution in [0.1, 0.15) is 22.8 Å². The standard InChI is InChI=1S/C15H18N6O/c1-19-6-4-17-15(19)10-20-5-2-14-12(8-20)13(18-22-14)9-21-7-3-16-11-21/h3-4,6-7,11H,2,5,8-10H2,1H3. The van der Waals surface area contributed by atoms with Gasteiger partial charge in [0.2, 0.25) is 0 Å². The topological polar surface area (TPSA) is 64.9 Å². The van der Waals surface area contributed by atoms with Crippen molar-refractivity contribution in [2.24, 2.45) is 7.05 Å². The molecular formula is C15H18N6O. The lowest BCUT2D eigenvalue weighted by atomic mass is 10.1. The first-order chi connectivity index (χ1) is 10.8. The average molecular weight is 298 g/mol. The van der Waals surface area contributed by atoms with Gasteiger partial charge in [-0.25, -0.2) is 9.97 Å². The molecule has 3 aromatic rings. The number of hydrogen-bond donors (Lipinski definition) is 0. The zero-order chi connectivity index (χ0) is 14.9. The molecule has 7 nitrogen and oxygen atoms in total. The second kappa shape index (κ2) is 5.42. The van der Waals surface area contributed by atoms with E-state index in [1.54, 1.807) is 12.5 Å². The van der Waals surface area contributed by atoms with Gasteiger partial charge in [-0.1, -0.05) is 5.16 Å². The smallest absolute Gasteiger partial charge is 0.142 e. The molecule has 0 N–H and O–H groups in total. The molecular weight excluding hydrogens is 280 g/mol. The van der Waals surface area contributed by atoms with E-state index in [4.69, 9.17) is 4.52 Å². The van der Waals surface area contributed by atoms with Crippen LogP contribution < -0.4 is 0 Å². The van der Waals surface area contributed by atoms with E-state index in [1.165, 1.54) is 5.56 Å². The predicted molar refractivity (Wildman–Crippen MR) is 78.9 cm³/mol. The van der Waals surface area contributed by atoms with Crippen LogP contribution in [0.5, 0.6) is 0 Å². The van der Waals surface area contributed by atoms with Crippen LogP contribution in [0.2, 0.25) is 0 Å². The lowest BCUT2D eigenvalue weighted by molar-refractivity contribution is 0.221. The molecule has 0 aromatic carbocycles. The van der Waals surface area contributed by atoms with Crippen molar-refractivity contribution in [1.29, 1.82) is 0 Å². The molecule has 4 heterocycles. The van der Waals surface area contributed by atoms with Crippen LogP contribution in [0.3, 0.4) is 0 Å². The van der Waals surface area contributed by atoms with Gasteiger partial charge in [0.25, 0.3) is 0 Å². The Morgan fingerprint density at radius 3 is 2.95 bits per heavy atom. The van der Waals surface area contributed by atoms with Gasteiger partial charge in [-0.3, -0.25) is 4.90 Å². The van der Waals surface area contributed by atoms with Crippen LogP contribution in [0.4, 0.5) is 0 Å². The monoisotopic (exact) mass is 298 g/mol. The average Bonchev–Trinajstić information content (AvgIpc) is 3.24. The molecule has 0 bridgehead atoms. The summed E-state index contributed by atoms with van der Waals surface area (Å²) in [5.41, 5.74) is 2.21. The molecule has 0 aliphatic carbocycles. The Bertz CT molecular complexity index is 757. The zero-order valence-corrected chi connectivity index (χ0v) is 12.5. The van der Waals surface area contributed by atoms with Gasteiger partial charge in [-0.2, -0.15) is 0 Å². The summed E-state index contributed by atoms with van der Waals surface area (Å²) in [4.78, 5) is 10.9. The van der Waals surface area contributed by atoms with Gasteiger partial charge in [0.15, 0.2) is 0 Å². The number of imidazole rings is 2. The van der Waals surface area contributed by atoms with E-state index >= 15 is 0 Å². The minimum atomic E-state index is 0.703. The van der Waals surface area contributed by atoms with Crippen LogP contribution >= 0.6 is 0 Å². The number of hydrogen-bond acceptors (Lipinski definition) is 5. The first-order valence-corrected chi connectivity index (χ1v) is 7.40. The van der Waals surface area contributed by atoms with E-state index in [2.05, 4.69) is 24.6 Å². The van der Waals surface area contributed by atoms with Crippen LogP contribution in [-0.2, 0) is 33.1 Å². The van der Waals surface area contributed by atoms with Gasteiger partial charge in [-0.05, 0) is 0 Å². The third-order valence-corrected chi connectivity index (χ3v) is 4.17. The molecule has 1 aliphatic heterocycles. The zero-order valence-electron chi connectivity index (χ0n) is 12.5. The van der Waals surface area contributed by atoms with Crippen molar-refractivity contribution in [3.63, 3.8) is 0 Å². The third kappa shape index (κ3) is 2.43. The summed E-state index contributed by atoms with van der Waals surface area (Å²) in [5.74, 6) is 2.10. The SMILES string of the molecule is Cn1ccnc1CN1CCc2onc(Cn3ccnc3)c2C1. The summed E-state index contributed by atoms with van der Waals surface area (Å²) in [6, 6.07) is 0. The third-order valence-electron chi connectivity index (χ3n) is 4.17. The molecule has 1 aliphatic rings. The van der Waals surface area contributed by atoms with Crippen molar-refractivity contribution in [2.45, 2.75) is 26.1 Å². The van der Waals surface area contributed by atoms with E-state index in [1.807, 2.05) is 30.2 Å². The molecule has 0 atom stereocenters. The maximum Gasteiger partial charge on any atom is 0.142 e. The summed E-state index contributed by atoms with van der Waals surface area (Å²) < 4.78 is 9.59. The van der Waals surface area contributed by atoms with Crippen molar-refractivity contribution >= 4 is 0 Å². The molecule has 0 unspecified atom stereocenters. The molecule has 0 amide bonds. The first-order valence-electron chi connectivity index (χ1n) is 7.40. The predicted octanol–water partition coefficient (Wildman–Crippen LogP) is 1.21. The summed E-state index contributed by atoms with van der Waals surface area (Å²) >= 11 is 0. The second-order valence-electron chi connectivity index (χ2n) is 5.68. The summed E-state index contributed by atoms with van der Waals surface area (Å²) in [7, 11) is 2.03. The fraction of sp³-hybridized carbons (Fsp3) is 0.400. The number of aryl methyl sites for hydroxylation is 1. The van der Waals surface area contributed by atoms with Crippen molar-refractivity contribution < 1.29 is 4.52 Å². The van der Waals surface area contributed by atoms with Gasteiger partial charge < -0.3 is 13.7 Å². The normalized spacial score (nSPS) is 15.1. The molecule has 22 heavy (non-hydrogen) atoms. The largest absolute Gasteiger partial charge is 0.361 e. The van der Waals surface area contributed by atoms with E-state index in [-0.39, 0.29) is 0 Å². The minimum absolute atomic E-state index is 0.703. The maximum absolute atomic E-state index is 5.51. The maximum atomic E-state index is 5.51. The van der Waals surface area contributed by atoms with Gasteiger partial charge in [0.05, 0.1) is 19.4 Å². The molecule has 4 rings (SSSR count). The molecule has 7 heteroatoms. The molecule has 0 saturated heterocycles. The van der Waals surface area contributed by atoms with Crippen LogP contribution in [0.15, 0.2) is 35.6 Å². The molecule has 0 saturated carbocycles. The molecule has 0 fully saturated rings. The van der Waals surface area contributed by atoms with Crippen molar-refractivity contribution in [3.05, 3.63) is 54.0 Å². The Morgan fingerprint density at radius 2 is 2.18 bits per heavy atom. The van der Waals surface area contributed by atoms with Crippen molar-refractivity contribution in [2.75, 3.05) is 6.54 Å². The Kier molecular flexibility index (Phi) is 3.27. The highest BCUT2D eigenvalue weighted by Gasteiger charge is 2.24. The lowest BCUT2D eigenvalue weighted by Gasteiger charge is -2.25. The minimum Gasteiger partial charge on any atom is -0.361 e. The number of aromatic nitrogens is 5. The van der Waals surface area contributed by atoms with E-state index in [0.29, 0.717) is 6.54 Å². The lowest BCUT2D eigenvalue weighted by Crippen LogP contribution is -2.31. The summed E-state index contributed by atoms with van der Waals surface area (Å²) in [5, 5.41) is 4.25. The van der Waals surface area contributed by atoms with E-state index in [0.717, 1.165) is 43.3 Å². The fourth-order valence-electron chi connectivity index (χ4n) is 2.88. The van der Waals surface area contributed by atoms with E-state index in [9.17, 15) is 0 Å². The number of nitrogens with zero attached hydrogens (tertiary/aromatic N) is 6. The summed E-state index contributed by atoms with van der Waals surface area (Å²) in [6.07, 6.45) is 10.2. The first kappa shape index (κ1) is 13.3.